The van der Waals surface area contributed by atoms with E-state index in [1.807, 2.05) is 6.92 Å². The number of likely N-dealkylation sites (N-methyl/N-ethyl adjacent to an activating group) is 1. The highest BCUT2D eigenvalue weighted by Gasteiger charge is 2.33. The first kappa shape index (κ1) is 30.5. The normalized spacial score (nSPS) is 15.6. The predicted molar refractivity (Wildman–Crippen MR) is 155 cm³/mol. The van der Waals surface area contributed by atoms with Crippen LogP contribution < -0.4 is 15.0 Å². The Labute approximate surface area is 248 Å². The summed E-state index contributed by atoms with van der Waals surface area (Å²) in [6.45, 7) is 4.98. The quantitative estimate of drug-likeness (QED) is 0.110. The van der Waals surface area contributed by atoms with E-state index in [4.69, 9.17) is 9.47 Å². The van der Waals surface area contributed by atoms with Gasteiger partial charge in [-0.05, 0) is 25.5 Å². The number of fused-ring (bicyclic) bond motifs is 1. The number of aryl methyl sites for hydroxylation is 1. The van der Waals surface area contributed by atoms with Gasteiger partial charge in [-0.25, -0.2) is 18.4 Å². The van der Waals surface area contributed by atoms with Crippen molar-refractivity contribution in [2.45, 2.75) is 31.7 Å². The molecule has 0 amide bonds. The Morgan fingerprint density at radius 2 is 1.93 bits per heavy atom. The molecule has 230 valence electrons. The second-order valence-corrected chi connectivity index (χ2v) is 12.1. The lowest BCUT2D eigenvalue weighted by Gasteiger charge is -2.47. The van der Waals surface area contributed by atoms with Gasteiger partial charge in [0.05, 0.1) is 56.8 Å². The van der Waals surface area contributed by atoms with Crippen LogP contribution in [0.1, 0.15) is 25.2 Å². The van der Waals surface area contributed by atoms with Gasteiger partial charge >= 0.3 is 0 Å². The zero-order valence-corrected chi connectivity index (χ0v) is 25.0. The summed E-state index contributed by atoms with van der Waals surface area (Å²) in [6.07, 6.45) is 3.03. The van der Waals surface area contributed by atoms with Crippen LogP contribution in [0.4, 0.5) is 0 Å². The average molecular weight is 615 g/mol. The number of H-pyrrole nitrogens is 1. The van der Waals surface area contributed by atoms with Crippen molar-refractivity contribution >= 4 is 21.1 Å². The minimum Gasteiger partial charge on any atom is -0.633 e. The van der Waals surface area contributed by atoms with Gasteiger partial charge < -0.3 is 29.5 Å². The van der Waals surface area contributed by atoms with Crippen molar-refractivity contribution in [2.75, 3.05) is 53.0 Å². The third kappa shape index (κ3) is 6.09. The lowest BCUT2D eigenvalue weighted by atomic mass is 10.2. The highest BCUT2D eigenvalue weighted by molar-refractivity contribution is 7.89. The summed E-state index contributed by atoms with van der Waals surface area (Å²) >= 11 is 0. The Morgan fingerprint density at radius 1 is 1.16 bits per heavy atom. The fraction of sp³-hybridized carbons (Fsp3) is 0.444. The van der Waals surface area contributed by atoms with E-state index < -0.39 is 20.2 Å². The molecule has 0 unspecified atom stereocenters. The van der Waals surface area contributed by atoms with Crippen molar-refractivity contribution in [1.29, 1.82) is 0 Å². The van der Waals surface area contributed by atoms with Gasteiger partial charge in [-0.3, -0.25) is 9.48 Å². The first-order chi connectivity index (χ1) is 20.6. The molecular weight excluding hydrogens is 580 g/mol. The third-order valence-corrected chi connectivity index (χ3v) is 9.45. The summed E-state index contributed by atoms with van der Waals surface area (Å²) in [6, 6.07) is 6.40. The number of rotatable bonds is 11. The van der Waals surface area contributed by atoms with Crippen LogP contribution in [0.25, 0.3) is 22.4 Å². The van der Waals surface area contributed by atoms with Gasteiger partial charge in [0.1, 0.15) is 29.4 Å². The molecule has 0 radical (unpaired) electrons. The molecule has 0 saturated carbocycles. The SMILES string of the molecule is CCc1c2nc(-c3cc(S(=O)(=O)N4CC[N+]([O-])(CC)CC4)cnc3OCCOC)[nH]c(=O)c2nn1Cc1cccc[n+]1[O-]. The van der Waals surface area contributed by atoms with Crippen molar-refractivity contribution in [3.05, 3.63) is 68.8 Å². The highest BCUT2D eigenvalue weighted by atomic mass is 32.2. The van der Waals surface area contributed by atoms with Crippen LogP contribution in [0.5, 0.6) is 5.88 Å². The molecule has 5 heterocycles. The van der Waals surface area contributed by atoms with Crippen LogP contribution in [-0.2, 0) is 27.7 Å². The number of methoxy groups -OCH3 is 1. The molecule has 0 aromatic carbocycles. The Balaban J connectivity index is 1.58. The smallest absolute Gasteiger partial charge is 0.279 e. The van der Waals surface area contributed by atoms with Crippen molar-refractivity contribution in [1.82, 2.24) is 29.0 Å². The summed E-state index contributed by atoms with van der Waals surface area (Å²) < 4.78 is 41.2. The number of hydroxylamine groups is 3. The Hall–Kier alpha value is -3.96. The first-order valence-corrected chi connectivity index (χ1v) is 15.4. The lowest BCUT2D eigenvalue weighted by molar-refractivity contribution is -0.882. The number of aromatic amines is 1. The molecule has 16 heteroatoms. The number of pyridine rings is 2. The van der Waals surface area contributed by atoms with Crippen molar-refractivity contribution in [3.8, 4) is 17.3 Å². The molecule has 1 fully saturated rings. The minimum absolute atomic E-state index is 0.0437. The van der Waals surface area contributed by atoms with E-state index in [0.29, 0.717) is 29.9 Å². The van der Waals surface area contributed by atoms with Crippen LogP contribution in [0, 0.1) is 10.4 Å². The number of nitrogens with zero attached hydrogens (tertiary/aromatic N) is 7. The van der Waals surface area contributed by atoms with Crippen LogP contribution in [0.3, 0.4) is 0 Å². The van der Waals surface area contributed by atoms with Crippen molar-refractivity contribution in [2.24, 2.45) is 0 Å². The predicted octanol–water partition coefficient (Wildman–Crippen LogP) is 0.790. The maximum Gasteiger partial charge on any atom is 0.279 e. The molecule has 0 aliphatic carbocycles. The molecule has 43 heavy (non-hydrogen) atoms. The van der Waals surface area contributed by atoms with Crippen LogP contribution in [0.15, 0.2) is 46.3 Å². The Morgan fingerprint density at radius 3 is 2.60 bits per heavy atom. The standard InChI is InChI=1S/C27H34N8O7S/c1-4-22-23-24(31-33(22)18-19-8-6-7-9-34(19)37)26(36)30-25(29-23)21-16-20(17-28-27(21)42-15-14-41-3)43(39,40)32-10-12-35(38,5-2)13-11-32/h6-9,16-17H,4-5,10-15,18H2,1-3H3,(H,29,30,36). The van der Waals surface area contributed by atoms with E-state index in [0.717, 1.165) is 4.73 Å². The number of nitrogens with one attached hydrogen (secondary N) is 1. The van der Waals surface area contributed by atoms with Gasteiger partial charge in [0.2, 0.25) is 21.6 Å². The molecule has 5 rings (SSSR count). The molecule has 1 aliphatic heterocycles. The minimum atomic E-state index is -4.02. The number of ether oxygens (including phenoxy) is 2. The van der Waals surface area contributed by atoms with Crippen molar-refractivity contribution < 1.29 is 27.3 Å². The second kappa shape index (κ2) is 12.3. The fourth-order valence-corrected chi connectivity index (χ4v) is 6.40. The van der Waals surface area contributed by atoms with E-state index in [1.54, 1.807) is 29.8 Å². The number of aromatic nitrogens is 6. The third-order valence-electron chi connectivity index (χ3n) is 7.59. The molecular formula is C27H34N8O7S. The Bertz CT molecular complexity index is 1780. The zero-order valence-electron chi connectivity index (χ0n) is 24.2. The van der Waals surface area contributed by atoms with Crippen LogP contribution >= 0.6 is 0 Å². The summed E-state index contributed by atoms with van der Waals surface area (Å²) in [5.74, 6) is 0.0997. The molecule has 15 nitrogen and oxygen atoms in total. The van der Waals surface area contributed by atoms with Gasteiger partial charge in [-0.2, -0.15) is 14.1 Å². The van der Waals surface area contributed by atoms with Crippen LogP contribution in [-0.4, -0.2) is 95.1 Å². The molecule has 4 aromatic heterocycles. The fourth-order valence-electron chi connectivity index (χ4n) is 5.01. The maximum absolute atomic E-state index is 13.6. The van der Waals surface area contributed by atoms with Gasteiger partial charge in [0.25, 0.3) is 5.56 Å². The maximum atomic E-state index is 13.6. The molecule has 4 aromatic rings. The number of sulfonamides is 1. The highest BCUT2D eigenvalue weighted by Crippen LogP contribution is 2.31. The second-order valence-electron chi connectivity index (χ2n) is 10.2. The van der Waals surface area contributed by atoms with E-state index in [1.165, 1.54) is 29.9 Å². The lowest BCUT2D eigenvalue weighted by Crippen LogP contribution is -2.57. The van der Waals surface area contributed by atoms with Crippen LogP contribution in [0.2, 0.25) is 0 Å². The molecule has 1 aliphatic rings. The van der Waals surface area contributed by atoms with Gasteiger partial charge in [0, 0.05) is 19.2 Å². The number of hydrogen-bond acceptors (Lipinski definition) is 10. The van der Waals surface area contributed by atoms with Gasteiger partial charge in [-0.15, -0.1) is 0 Å². The summed E-state index contributed by atoms with van der Waals surface area (Å²) in [5.41, 5.74) is 1.05. The molecule has 0 spiro atoms. The van der Waals surface area contributed by atoms with E-state index >= 15 is 0 Å². The van der Waals surface area contributed by atoms with Gasteiger partial charge in [-0.1, -0.05) is 6.92 Å². The zero-order chi connectivity index (χ0) is 30.8. The van der Waals surface area contributed by atoms with Crippen molar-refractivity contribution in [3.63, 3.8) is 0 Å². The first-order valence-electron chi connectivity index (χ1n) is 14.0. The molecule has 1 N–H and O–H groups in total. The summed E-state index contributed by atoms with van der Waals surface area (Å²) in [4.78, 5) is 24.8. The topological polar surface area (TPSA) is 182 Å². The van der Waals surface area contributed by atoms with E-state index in [9.17, 15) is 23.6 Å². The summed E-state index contributed by atoms with van der Waals surface area (Å²) in [7, 11) is -2.50. The Kier molecular flexibility index (Phi) is 8.75. The molecule has 0 bridgehead atoms. The average Bonchev–Trinajstić information content (AvgIpc) is 3.36. The van der Waals surface area contributed by atoms with Gasteiger partial charge in [0.15, 0.2) is 11.7 Å². The molecule has 0 atom stereocenters. The number of quaternary nitrogens is 1. The van der Waals surface area contributed by atoms with E-state index in [2.05, 4.69) is 20.1 Å². The van der Waals surface area contributed by atoms with E-state index in [-0.39, 0.29) is 73.6 Å². The number of piperazine rings is 1. The largest absolute Gasteiger partial charge is 0.633 e. The monoisotopic (exact) mass is 614 g/mol. The summed E-state index contributed by atoms with van der Waals surface area (Å²) in [5, 5.41) is 29.3. The molecule has 1 saturated heterocycles. The number of hydrogen-bond donors (Lipinski definition) is 1.